The Morgan fingerprint density at radius 3 is 2.45 bits per heavy atom. The minimum Gasteiger partial charge on any atom is -0.389 e. The maximum atomic E-state index is 13.2. The molecule has 4 rings (SSSR count). The lowest BCUT2D eigenvalue weighted by Gasteiger charge is -2.30. The van der Waals surface area contributed by atoms with E-state index in [1.165, 1.54) is 5.56 Å². The molecule has 0 aliphatic rings. The van der Waals surface area contributed by atoms with Gasteiger partial charge in [0.05, 0.1) is 10.9 Å². The van der Waals surface area contributed by atoms with E-state index in [1.54, 1.807) is 51.0 Å². The number of amides is 3. The van der Waals surface area contributed by atoms with Crippen LogP contribution in [0.1, 0.15) is 73.6 Å². The van der Waals surface area contributed by atoms with Gasteiger partial charge in [-0.25, -0.2) is 4.79 Å². The molecule has 2 aromatic heterocycles. The molecule has 0 saturated carbocycles. The van der Waals surface area contributed by atoms with Crippen molar-refractivity contribution in [2.45, 2.75) is 71.8 Å². The number of rotatable bonds is 15. The molecule has 47 heavy (non-hydrogen) atoms. The molecule has 11 heteroatoms. The third-order valence-corrected chi connectivity index (χ3v) is 7.96. The van der Waals surface area contributed by atoms with E-state index in [9.17, 15) is 19.2 Å². The summed E-state index contributed by atoms with van der Waals surface area (Å²) in [5, 5.41) is 8.91. The van der Waals surface area contributed by atoms with E-state index in [0.29, 0.717) is 48.3 Å². The molecule has 0 saturated heterocycles. The largest absolute Gasteiger partial charge is 0.389 e. The summed E-state index contributed by atoms with van der Waals surface area (Å²) in [7, 11) is 1.71. The number of benzene rings is 2. The number of likely N-dealkylation sites (N-methyl/N-ethyl adjacent to an activating group) is 1. The van der Waals surface area contributed by atoms with Crippen molar-refractivity contribution >= 4 is 40.3 Å². The number of aromatic nitrogens is 2. The van der Waals surface area contributed by atoms with Crippen molar-refractivity contribution in [3.8, 4) is 0 Å². The fourth-order valence-electron chi connectivity index (χ4n) is 5.21. The van der Waals surface area contributed by atoms with E-state index in [-0.39, 0.29) is 35.5 Å². The van der Waals surface area contributed by atoms with Crippen molar-refractivity contribution in [2.75, 3.05) is 30.8 Å². The quantitative estimate of drug-likeness (QED) is 0.149. The van der Waals surface area contributed by atoms with Crippen LogP contribution in [0.3, 0.4) is 0 Å². The van der Waals surface area contributed by atoms with Crippen LogP contribution in [-0.2, 0) is 22.4 Å². The molecule has 0 atom stereocenters. The lowest BCUT2D eigenvalue weighted by Crippen LogP contribution is -2.49. The number of nitrogens with zero attached hydrogens (tertiary/aromatic N) is 3. The molecule has 0 aliphatic carbocycles. The number of pyridine rings is 1. The van der Waals surface area contributed by atoms with Crippen LogP contribution in [0.15, 0.2) is 70.0 Å². The highest BCUT2D eigenvalue weighted by Crippen LogP contribution is 2.24. The van der Waals surface area contributed by atoms with Gasteiger partial charge in [0.1, 0.15) is 5.54 Å². The van der Waals surface area contributed by atoms with Crippen molar-refractivity contribution in [3.63, 3.8) is 0 Å². The maximum absolute atomic E-state index is 13.2. The highest BCUT2D eigenvalue weighted by atomic mass is 16.4. The fourth-order valence-corrected chi connectivity index (χ4v) is 5.21. The van der Waals surface area contributed by atoms with Gasteiger partial charge in [0.25, 0.3) is 11.9 Å². The molecule has 0 unspecified atom stereocenters. The summed E-state index contributed by atoms with van der Waals surface area (Å²) in [5.41, 5.74) is 2.28. The molecule has 3 amide bonds. The molecule has 248 valence electrons. The molecule has 3 N–H and O–H groups in total. The van der Waals surface area contributed by atoms with Crippen molar-refractivity contribution in [3.05, 3.63) is 93.6 Å². The third-order valence-electron chi connectivity index (χ3n) is 7.96. The number of nitrogens with one attached hydrogen (secondary N) is 3. The van der Waals surface area contributed by atoms with Crippen LogP contribution in [0.4, 0.5) is 11.7 Å². The number of hydrogen-bond acceptors (Lipinski definition) is 8. The summed E-state index contributed by atoms with van der Waals surface area (Å²) >= 11 is 0. The molecule has 4 aromatic rings. The van der Waals surface area contributed by atoms with Gasteiger partial charge in [-0.15, -0.1) is 0 Å². The average molecular weight is 641 g/mol. The Morgan fingerprint density at radius 2 is 1.74 bits per heavy atom. The number of fused-ring (bicyclic) bond motifs is 1. The standard InChI is InChI=1S/C36H44N6O5/c1-6-7-11-25-14-16-26(17-15-25)32(44)38-22-10-13-30(43)39-28-18-19-29-31(24(28)2)33(45)47-35(40-29)41-36(3,4)34(46)42(5)23-20-27-12-8-9-21-37-27/h8-9,12,14-19,21H,6-7,10-11,13,20,22-23H2,1-5H3,(H,38,44)(H,39,43)(H,40,41). The fraction of sp³-hybridized carbons (Fsp3) is 0.389. The first kappa shape index (κ1) is 34.8. The summed E-state index contributed by atoms with van der Waals surface area (Å²) in [5.74, 6) is -0.625. The molecule has 0 fully saturated rings. The van der Waals surface area contributed by atoms with Gasteiger partial charge >= 0.3 is 5.63 Å². The van der Waals surface area contributed by atoms with E-state index in [4.69, 9.17) is 4.42 Å². The predicted octanol–water partition coefficient (Wildman–Crippen LogP) is 5.27. The predicted molar refractivity (Wildman–Crippen MR) is 184 cm³/mol. The highest BCUT2D eigenvalue weighted by molar-refractivity contribution is 5.96. The SMILES string of the molecule is CCCCc1ccc(C(=O)NCCCC(=O)Nc2ccc3nc(NC(C)(C)C(=O)N(C)CCc4ccccn4)oc(=O)c3c2C)cc1. The van der Waals surface area contributed by atoms with Crippen LogP contribution in [0.5, 0.6) is 0 Å². The van der Waals surface area contributed by atoms with E-state index in [1.807, 2.05) is 42.5 Å². The number of aryl methyl sites for hydroxylation is 2. The van der Waals surface area contributed by atoms with E-state index in [2.05, 4.69) is 32.8 Å². The zero-order valence-electron chi connectivity index (χ0n) is 27.8. The summed E-state index contributed by atoms with van der Waals surface area (Å²) in [6.07, 6.45) is 6.19. The topological polar surface area (TPSA) is 147 Å². The average Bonchev–Trinajstić information content (AvgIpc) is 3.05. The van der Waals surface area contributed by atoms with Gasteiger partial charge in [0, 0.05) is 56.1 Å². The minimum absolute atomic E-state index is 0.0790. The summed E-state index contributed by atoms with van der Waals surface area (Å²) in [6, 6.07) is 16.5. The number of hydrogen-bond donors (Lipinski definition) is 3. The molecule has 0 radical (unpaired) electrons. The smallest absolute Gasteiger partial charge is 0.348 e. The second-order valence-corrected chi connectivity index (χ2v) is 12.2. The van der Waals surface area contributed by atoms with Gasteiger partial charge in [-0.2, -0.15) is 4.98 Å². The Kier molecular flexibility index (Phi) is 11.8. The zero-order chi connectivity index (χ0) is 34.0. The van der Waals surface area contributed by atoms with Gasteiger partial charge in [0.2, 0.25) is 11.8 Å². The number of carbonyl (C=O) groups is 3. The Bertz CT molecular complexity index is 1750. The first-order valence-corrected chi connectivity index (χ1v) is 16.0. The lowest BCUT2D eigenvalue weighted by atomic mass is 10.0. The number of anilines is 2. The van der Waals surface area contributed by atoms with Gasteiger partial charge < -0.3 is 25.3 Å². The van der Waals surface area contributed by atoms with Crippen LogP contribution >= 0.6 is 0 Å². The van der Waals surface area contributed by atoms with Gasteiger partial charge in [0.15, 0.2) is 0 Å². The molecule has 0 bridgehead atoms. The highest BCUT2D eigenvalue weighted by Gasteiger charge is 2.32. The monoisotopic (exact) mass is 640 g/mol. The summed E-state index contributed by atoms with van der Waals surface area (Å²) in [4.78, 5) is 61.8. The van der Waals surface area contributed by atoms with Crippen LogP contribution < -0.4 is 21.6 Å². The van der Waals surface area contributed by atoms with Crippen molar-refractivity contribution in [1.29, 1.82) is 0 Å². The normalized spacial score (nSPS) is 11.3. The number of carbonyl (C=O) groups excluding carboxylic acids is 3. The molecular weight excluding hydrogens is 596 g/mol. The molecule has 0 spiro atoms. The maximum Gasteiger partial charge on any atom is 0.348 e. The Morgan fingerprint density at radius 1 is 0.979 bits per heavy atom. The van der Waals surface area contributed by atoms with E-state index < -0.39 is 11.2 Å². The van der Waals surface area contributed by atoms with Crippen molar-refractivity contribution in [2.24, 2.45) is 0 Å². The first-order chi connectivity index (χ1) is 22.5. The van der Waals surface area contributed by atoms with Crippen molar-refractivity contribution in [1.82, 2.24) is 20.2 Å². The third kappa shape index (κ3) is 9.48. The van der Waals surface area contributed by atoms with Gasteiger partial charge in [-0.05, 0) is 87.6 Å². The minimum atomic E-state index is -1.11. The van der Waals surface area contributed by atoms with Crippen LogP contribution in [0.25, 0.3) is 10.9 Å². The molecule has 2 aromatic carbocycles. The Hall–Kier alpha value is -5.06. The van der Waals surface area contributed by atoms with Crippen LogP contribution in [0, 0.1) is 6.92 Å². The molecular formula is C36H44N6O5. The van der Waals surface area contributed by atoms with Gasteiger partial charge in [-0.1, -0.05) is 31.5 Å². The summed E-state index contributed by atoms with van der Waals surface area (Å²) < 4.78 is 5.48. The second kappa shape index (κ2) is 16.0. The zero-order valence-corrected chi connectivity index (χ0v) is 27.8. The summed E-state index contributed by atoms with van der Waals surface area (Å²) in [6.45, 7) is 8.06. The van der Waals surface area contributed by atoms with Crippen LogP contribution in [0.2, 0.25) is 0 Å². The number of unbranched alkanes of at least 4 members (excludes halogenated alkanes) is 1. The van der Waals surface area contributed by atoms with Gasteiger partial charge in [-0.3, -0.25) is 19.4 Å². The molecule has 2 heterocycles. The Labute approximate surface area is 275 Å². The second-order valence-electron chi connectivity index (χ2n) is 12.2. The lowest BCUT2D eigenvalue weighted by molar-refractivity contribution is -0.133. The molecule has 0 aliphatic heterocycles. The van der Waals surface area contributed by atoms with E-state index >= 15 is 0 Å². The van der Waals surface area contributed by atoms with Crippen LogP contribution in [-0.4, -0.2) is 58.3 Å². The Balaban J connectivity index is 1.30. The van der Waals surface area contributed by atoms with E-state index in [0.717, 1.165) is 25.0 Å². The first-order valence-electron chi connectivity index (χ1n) is 16.0. The molecule has 11 nitrogen and oxygen atoms in total. The van der Waals surface area contributed by atoms with Crippen molar-refractivity contribution < 1.29 is 18.8 Å².